The average molecular weight is 396 g/mol. The Morgan fingerprint density at radius 2 is 2.21 bits per heavy atom. The lowest BCUT2D eigenvalue weighted by Crippen LogP contribution is -2.42. The summed E-state index contributed by atoms with van der Waals surface area (Å²) in [6.07, 6.45) is 5.46. The van der Waals surface area contributed by atoms with Gasteiger partial charge in [0.25, 0.3) is 0 Å². The van der Waals surface area contributed by atoms with Gasteiger partial charge in [-0.15, -0.1) is 21.5 Å². The number of morpholine rings is 1. The zero-order valence-electron chi connectivity index (χ0n) is 16.1. The predicted octanol–water partition coefficient (Wildman–Crippen LogP) is 3.48. The Labute approximate surface area is 169 Å². The molecule has 3 aromatic heterocycles. The first-order valence-corrected chi connectivity index (χ1v) is 10.9. The molecule has 0 aromatic carbocycles. The van der Waals surface area contributed by atoms with Crippen molar-refractivity contribution in [2.75, 3.05) is 24.6 Å². The van der Waals surface area contributed by atoms with Crippen molar-refractivity contribution >= 4 is 17.3 Å². The first-order valence-electron chi connectivity index (χ1n) is 10.1. The Morgan fingerprint density at radius 3 is 3.07 bits per heavy atom. The number of thiophene rings is 1. The molecule has 0 N–H and O–H groups in total. The van der Waals surface area contributed by atoms with Crippen molar-refractivity contribution in [3.8, 4) is 0 Å². The molecule has 28 heavy (non-hydrogen) atoms. The minimum atomic E-state index is 0.209. The first kappa shape index (κ1) is 17.8. The summed E-state index contributed by atoms with van der Waals surface area (Å²) in [5.41, 5.74) is 2.53. The highest BCUT2D eigenvalue weighted by Gasteiger charge is 2.31. The molecule has 0 saturated carbocycles. The van der Waals surface area contributed by atoms with Gasteiger partial charge in [-0.05, 0) is 49.3 Å². The summed E-state index contributed by atoms with van der Waals surface area (Å²) >= 11 is 1.78. The van der Waals surface area contributed by atoms with Gasteiger partial charge in [0.05, 0.1) is 30.9 Å². The van der Waals surface area contributed by atoms with Crippen LogP contribution in [0.1, 0.15) is 47.6 Å². The van der Waals surface area contributed by atoms with Gasteiger partial charge < -0.3 is 9.64 Å². The molecule has 2 unspecified atom stereocenters. The van der Waals surface area contributed by atoms with Crippen LogP contribution in [0.3, 0.4) is 0 Å². The lowest BCUT2D eigenvalue weighted by molar-refractivity contribution is 0.0524. The van der Waals surface area contributed by atoms with Crippen LogP contribution in [0.25, 0.3) is 0 Å². The van der Waals surface area contributed by atoms with Crippen LogP contribution in [0.2, 0.25) is 0 Å². The van der Waals surface area contributed by atoms with Crippen molar-refractivity contribution in [1.29, 1.82) is 0 Å². The summed E-state index contributed by atoms with van der Waals surface area (Å²) in [7, 11) is 0. The van der Waals surface area contributed by atoms with E-state index in [1.54, 1.807) is 11.3 Å². The highest BCUT2D eigenvalue weighted by Crippen LogP contribution is 2.36. The number of hydrogen-bond acceptors (Lipinski definition) is 6. The normalized spacial score (nSPS) is 22.2. The molecule has 0 bridgehead atoms. The highest BCUT2D eigenvalue weighted by molar-refractivity contribution is 7.09. The quantitative estimate of drug-likeness (QED) is 0.677. The van der Waals surface area contributed by atoms with E-state index < -0.39 is 0 Å². The van der Waals surface area contributed by atoms with Gasteiger partial charge in [-0.1, -0.05) is 12.1 Å². The molecular formula is C21H25N5OS. The molecule has 3 aromatic rings. The summed E-state index contributed by atoms with van der Waals surface area (Å²) in [5.74, 6) is 2.22. The number of aromatic nitrogens is 4. The summed E-state index contributed by atoms with van der Waals surface area (Å²) in [6.45, 7) is 5.36. The van der Waals surface area contributed by atoms with Crippen LogP contribution in [-0.2, 0) is 17.7 Å². The zero-order valence-corrected chi connectivity index (χ0v) is 16.9. The van der Waals surface area contributed by atoms with Crippen molar-refractivity contribution < 1.29 is 4.74 Å². The molecule has 0 radical (unpaired) electrons. The van der Waals surface area contributed by atoms with E-state index >= 15 is 0 Å². The fraction of sp³-hybridized carbons (Fsp3) is 0.476. The van der Waals surface area contributed by atoms with Crippen LogP contribution < -0.4 is 4.90 Å². The minimum absolute atomic E-state index is 0.209. The summed E-state index contributed by atoms with van der Waals surface area (Å²) < 4.78 is 8.06. The standard InChI is InChI=1S/C21H25N5OS/c1-15-13-25(10-11-27-15)21-24-23-20(26(21)14-17-7-4-12-28-17)18-8-2-5-16-6-3-9-22-19(16)18/h3-4,6-7,9,12,15,18H,2,5,8,10-11,13-14H2,1H3. The van der Waals surface area contributed by atoms with E-state index in [0.29, 0.717) is 0 Å². The van der Waals surface area contributed by atoms with Crippen LogP contribution >= 0.6 is 11.3 Å². The molecule has 4 heterocycles. The molecule has 1 fully saturated rings. The maximum Gasteiger partial charge on any atom is 0.227 e. The number of nitrogens with zero attached hydrogens (tertiary/aromatic N) is 5. The molecule has 0 spiro atoms. The van der Waals surface area contributed by atoms with Crippen molar-refractivity contribution in [1.82, 2.24) is 19.7 Å². The van der Waals surface area contributed by atoms with E-state index in [-0.39, 0.29) is 12.0 Å². The monoisotopic (exact) mass is 395 g/mol. The maximum atomic E-state index is 5.74. The Hall–Kier alpha value is -2.25. The van der Waals surface area contributed by atoms with E-state index in [1.165, 1.54) is 22.6 Å². The first-order chi connectivity index (χ1) is 13.8. The van der Waals surface area contributed by atoms with Gasteiger partial charge in [0.2, 0.25) is 5.95 Å². The van der Waals surface area contributed by atoms with Crippen molar-refractivity contribution in [3.63, 3.8) is 0 Å². The number of aryl methyl sites for hydroxylation is 1. The predicted molar refractivity (Wildman–Crippen MR) is 110 cm³/mol. The van der Waals surface area contributed by atoms with Gasteiger partial charge in [0, 0.05) is 24.2 Å². The fourth-order valence-corrected chi connectivity index (χ4v) is 5.06. The van der Waals surface area contributed by atoms with Crippen LogP contribution in [0.15, 0.2) is 35.8 Å². The van der Waals surface area contributed by atoms with Crippen molar-refractivity contribution in [2.24, 2.45) is 0 Å². The Balaban J connectivity index is 1.56. The lowest BCUT2D eigenvalue weighted by atomic mass is 9.86. The van der Waals surface area contributed by atoms with Crippen molar-refractivity contribution in [3.05, 3.63) is 57.8 Å². The number of anilines is 1. The topological polar surface area (TPSA) is 56.1 Å². The molecule has 1 aliphatic carbocycles. The number of fused-ring (bicyclic) bond motifs is 1. The van der Waals surface area contributed by atoms with Gasteiger partial charge in [0.15, 0.2) is 0 Å². The molecule has 5 rings (SSSR count). The minimum Gasteiger partial charge on any atom is -0.375 e. The van der Waals surface area contributed by atoms with Crippen LogP contribution in [0, 0.1) is 0 Å². The molecule has 6 nitrogen and oxygen atoms in total. The maximum absolute atomic E-state index is 5.74. The van der Waals surface area contributed by atoms with Gasteiger partial charge >= 0.3 is 0 Å². The summed E-state index contributed by atoms with van der Waals surface area (Å²) in [4.78, 5) is 8.38. The van der Waals surface area contributed by atoms with Crippen molar-refractivity contribution in [2.45, 2.75) is 44.8 Å². The second kappa shape index (κ2) is 7.64. The largest absolute Gasteiger partial charge is 0.375 e. The molecule has 1 saturated heterocycles. The van der Waals surface area contributed by atoms with Gasteiger partial charge in [-0.3, -0.25) is 9.55 Å². The molecule has 1 aliphatic heterocycles. The molecule has 2 atom stereocenters. The Bertz CT molecular complexity index is 938. The third-order valence-corrected chi connectivity index (χ3v) is 6.55. The van der Waals surface area contributed by atoms with Gasteiger partial charge in [-0.25, -0.2) is 0 Å². The smallest absolute Gasteiger partial charge is 0.227 e. The van der Waals surface area contributed by atoms with E-state index in [0.717, 1.165) is 50.9 Å². The third kappa shape index (κ3) is 3.33. The number of rotatable bonds is 4. The van der Waals surface area contributed by atoms with Gasteiger partial charge in [0.1, 0.15) is 5.82 Å². The summed E-state index contributed by atoms with van der Waals surface area (Å²) in [6, 6.07) is 8.54. The number of pyridine rings is 1. The molecule has 2 aliphatic rings. The SMILES string of the molecule is CC1CN(c2nnc(C3CCCc4cccnc43)n2Cc2cccs2)CCO1. The van der Waals surface area contributed by atoms with Gasteiger partial charge in [-0.2, -0.15) is 0 Å². The molecule has 0 amide bonds. The third-order valence-electron chi connectivity index (χ3n) is 5.68. The molecule has 7 heteroatoms. The summed E-state index contributed by atoms with van der Waals surface area (Å²) in [5, 5.41) is 11.5. The zero-order chi connectivity index (χ0) is 18.9. The Morgan fingerprint density at radius 1 is 1.25 bits per heavy atom. The number of hydrogen-bond donors (Lipinski definition) is 0. The van der Waals surface area contributed by atoms with Crippen LogP contribution in [0.5, 0.6) is 0 Å². The van der Waals surface area contributed by atoms with E-state index in [2.05, 4.69) is 45.1 Å². The fourth-order valence-electron chi connectivity index (χ4n) is 4.37. The number of ether oxygens (including phenoxy) is 1. The van der Waals surface area contributed by atoms with Crippen LogP contribution in [-0.4, -0.2) is 45.5 Å². The van der Waals surface area contributed by atoms with E-state index in [4.69, 9.17) is 14.8 Å². The lowest BCUT2D eigenvalue weighted by Gasteiger charge is -2.32. The second-order valence-corrected chi connectivity index (χ2v) is 8.68. The van der Waals surface area contributed by atoms with E-state index in [9.17, 15) is 0 Å². The molecular weight excluding hydrogens is 370 g/mol. The molecule has 146 valence electrons. The average Bonchev–Trinajstić information content (AvgIpc) is 3.38. The van der Waals surface area contributed by atoms with Crippen LogP contribution in [0.4, 0.5) is 5.95 Å². The van der Waals surface area contributed by atoms with E-state index in [1.807, 2.05) is 12.3 Å². The second-order valence-electron chi connectivity index (χ2n) is 7.64. The highest BCUT2D eigenvalue weighted by atomic mass is 32.1. The Kier molecular flexibility index (Phi) is 4.86.